The fraction of sp³-hybridized carbons (Fsp3) is 0.556. The van der Waals surface area contributed by atoms with Crippen molar-refractivity contribution < 1.29 is 9.26 Å². The van der Waals surface area contributed by atoms with Gasteiger partial charge in [0.2, 0.25) is 5.89 Å². The van der Waals surface area contributed by atoms with Crippen LogP contribution in [0.4, 0.5) is 0 Å². The Morgan fingerprint density at radius 3 is 2.91 bits per heavy atom. The SMILES string of the molecule is CCN(Cc1ccc2c(c1)CCO2)Cc1noc(CC(C)C)n1. The topological polar surface area (TPSA) is 51.4 Å². The van der Waals surface area contributed by atoms with E-state index in [1.165, 1.54) is 11.1 Å². The molecule has 5 nitrogen and oxygen atoms in total. The van der Waals surface area contributed by atoms with Crippen LogP contribution in [0.1, 0.15) is 43.6 Å². The Labute approximate surface area is 137 Å². The first-order valence-corrected chi connectivity index (χ1v) is 8.42. The lowest BCUT2D eigenvalue weighted by Crippen LogP contribution is -2.23. The molecule has 1 aromatic heterocycles. The first kappa shape index (κ1) is 16.0. The van der Waals surface area contributed by atoms with Gasteiger partial charge in [0.05, 0.1) is 13.2 Å². The van der Waals surface area contributed by atoms with Crippen molar-refractivity contribution in [2.75, 3.05) is 13.2 Å². The minimum absolute atomic E-state index is 0.527. The first-order valence-electron chi connectivity index (χ1n) is 8.42. The summed E-state index contributed by atoms with van der Waals surface area (Å²) in [6.07, 6.45) is 1.85. The van der Waals surface area contributed by atoms with E-state index in [0.717, 1.165) is 50.0 Å². The van der Waals surface area contributed by atoms with Gasteiger partial charge >= 0.3 is 0 Å². The molecule has 1 aromatic carbocycles. The molecule has 124 valence electrons. The monoisotopic (exact) mass is 315 g/mol. The van der Waals surface area contributed by atoms with Gasteiger partial charge in [-0.1, -0.05) is 38.1 Å². The Kier molecular flexibility index (Phi) is 4.96. The second kappa shape index (κ2) is 7.13. The molecular weight excluding hydrogens is 290 g/mol. The largest absolute Gasteiger partial charge is 0.493 e. The number of benzene rings is 1. The molecule has 0 spiro atoms. The van der Waals surface area contributed by atoms with E-state index in [1.54, 1.807) is 0 Å². The molecule has 0 unspecified atom stereocenters. The normalized spacial score (nSPS) is 13.6. The van der Waals surface area contributed by atoms with Crippen LogP contribution in [-0.4, -0.2) is 28.2 Å². The molecule has 2 aromatic rings. The molecule has 2 heterocycles. The van der Waals surface area contributed by atoms with Crippen molar-refractivity contribution in [1.82, 2.24) is 15.0 Å². The molecule has 1 aliphatic rings. The summed E-state index contributed by atoms with van der Waals surface area (Å²) >= 11 is 0. The molecule has 0 bridgehead atoms. The number of aromatic nitrogens is 2. The number of fused-ring (bicyclic) bond motifs is 1. The molecule has 0 saturated carbocycles. The summed E-state index contributed by atoms with van der Waals surface area (Å²) in [5, 5.41) is 4.11. The third-order valence-corrected chi connectivity index (χ3v) is 4.07. The van der Waals surface area contributed by atoms with Crippen molar-refractivity contribution in [2.24, 2.45) is 5.92 Å². The van der Waals surface area contributed by atoms with Gasteiger partial charge in [-0.3, -0.25) is 4.90 Å². The van der Waals surface area contributed by atoms with Crippen molar-refractivity contribution in [1.29, 1.82) is 0 Å². The van der Waals surface area contributed by atoms with E-state index in [-0.39, 0.29) is 0 Å². The van der Waals surface area contributed by atoms with Crippen LogP contribution >= 0.6 is 0 Å². The van der Waals surface area contributed by atoms with Gasteiger partial charge in [0.15, 0.2) is 5.82 Å². The van der Waals surface area contributed by atoms with Gasteiger partial charge in [-0.2, -0.15) is 4.98 Å². The third-order valence-electron chi connectivity index (χ3n) is 4.07. The second-order valence-corrected chi connectivity index (χ2v) is 6.55. The van der Waals surface area contributed by atoms with Gasteiger partial charge in [0.1, 0.15) is 5.75 Å². The zero-order valence-corrected chi connectivity index (χ0v) is 14.2. The highest BCUT2D eigenvalue weighted by Gasteiger charge is 2.15. The van der Waals surface area contributed by atoms with Crippen molar-refractivity contribution in [3.05, 3.63) is 41.0 Å². The number of hydrogen-bond donors (Lipinski definition) is 0. The van der Waals surface area contributed by atoms with Gasteiger partial charge in [-0.05, 0) is 29.7 Å². The predicted molar refractivity (Wildman–Crippen MR) is 88.3 cm³/mol. The molecule has 5 heteroatoms. The van der Waals surface area contributed by atoms with Crippen molar-refractivity contribution >= 4 is 0 Å². The van der Waals surface area contributed by atoms with Gasteiger partial charge < -0.3 is 9.26 Å². The highest BCUT2D eigenvalue weighted by atomic mass is 16.5. The Bertz CT molecular complexity index is 651. The lowest BCUT2D eigenvalue weighted by atomic mass is 10.1. The molecule has 1 aliphatic heterocycles. The molecule has 0 atom stereocenters. The fourth-order valence-corrected chi connectivity index (χ4v) is 2.86. The summed E-state index contributed by atoms with van der Waals surface area (Å²) in [6, 6.07) is 6.49. The first-order chi connectivity index (χ1) is 11.1. The fourth-order valence-electron chi connectivity index (χ4n) is 2.86. The predicted octanol–water partition coefficient (Wildman–Crippen LogP) is 3.23. The van der Waals surface area contributed by atoms with E-state index >= 15 is 0 Å². The maximum absolute atomic E-state index is 5.57. The van der Waals surface area contributed by atoms with Gasteiger partial charge in [-0.25, -0.2) is 0 Å². The molecular formula is C18H25N3O2. The minimum Gasteiger partial charge on any atom is -0.493 e. The lowest BCUT2D eigenvalue weighted by Gasteiger charge is -2.18. The molecule has 0 amide bonds. The number of ether oxygens (including phenoxy) is 1. The summed E-state index contributed by atoms with van der Waals surface area (Å²) in [6.45, 7) is 9.81. The summed E-state index contributed by atoms with van der Waals surface area (Å²) in [7, 11) is 0. The molecule has 0 aliphatic carbocycles. The highest BCUT2D eigenvalue weighted by Crippen LogP contribution is 2.26. The number of hydrogen-bond acceptors (Lipinski definition) is 5. The zero-order chi connectivity index (χ0) is 16.2. The van der Waals surface area contributed by atoms with Crippen molar-refractivity contribution in [3.8, 4) is 5.75 Å². The summed E-state index contributed by atoms with van der Waals surface area (Å²) in [5.74, 6) is 3.07. The van der Waals surface area contributed by atoms with Crippen LogP contribution in [-0.2, 0) is 25.9 Å². The van der Waals surface area contributed by atoms with Crippen LogP contribution in [0.15, 0.2) is 22.7 Å². The van der Waals surface area contributed by atoms with Crippen LogP contribution in [0, 0.1) is 5.92 Å². The van der Waals surface area contributed by atoms with E-state index in [4.69, 9.17) is 9.26 Å². The minimum atomic E-state index is 0.527. The number of rotatable bonds is 7. The molecule has 0 saturated heterocycles. The molecule has 0 fully saturated rings. The quantitative estimate of drug-likeness (QED) is 0.785. The Morgan fingerprint density at radius 1 is 1.26 bits per heavy atom. The van der Waals surface area contributed by atoms with Crippen LogP contribution in [0.25, 0.3) is 0 Å². The number of nitrogens with zero attached hydrogens (tertiary/aromatic N) is 3. The maximum Gasteiger partial charge on any atom is 0.226 e. The van der Waals surface area contributed by atoms with E-state index in [0.29, 0.717) is 12.5 Å². The van der Waals surface area contributed by atoms with E-state index in [1.807, 2.05) is 0 Å². The van der Waals surface area contributed by atoms with Crippen LogP contribution in [0.3, 0.4) is 0 Å². The second-order valence-electron chi connectivity index (χ2n) is 6.55. The summed E-state index contributed by atoms with van der Waals surface area (Å²) in [4.78, 5) is 6.82. The Morgan fingerprint density at radius 2 is 2.13 bits per heavy atom. The van der Waals surface area contributed by atoms with Gasteiger partial charge in [-0.15, -0.1) is 0 Å². The van der Waals surface area contributed by atoms with Crippen LogP contribution < -0.4 is 4.74 Å². The average molecular weight is 315 g/mol. The summed E-state index contributed by atoms with van der Waals surface area (Å²) in [5.41, 5.74) is 2.62. The Hall–Kier alpha value is -1.88. The van der Waals surface area contributed by atoms with Gasteiger partial charge in [0, 0.05) is 19.4 Å². The van der Waals surface area contributed by atoms with Crippen molar-refractivity contribution in [2.45, 2.75) is 46.7 Å². The van der Waals surface area contributed by atoms with Crippen LogP contribution in [0.2, 0.25) is 0 Å². The standard InChI is InChI=1S/C18H25N3O2/c1-4-21(12-17-19-18(23-20-17)9-13(2)3)11-14-5-6-16-15(10-14)7-8-22-16/h5-6,10,13H,4,7-9,11-12H2,1-3H3. The van der Waals surface area contributed by atoms with Crippen molar-refractivity contribution in [3.63, 3.8) is 0 Å². The molecule has 0 radical (unpaired) electrons. The zero-order valence-electron chi connectivity index (χ0n) is 14.2. The van der Waals surface area contributed by atoms with Crippen LogP contribution in [0.5, 0.6) is 5.75 Å². The van der Waals surface area contributed by atoms with E-state index in [9.17, 15) is 0 Å². The molecule has 3 rings (SSSR count). The van der Waals surface area contributed by atoms with Gasteiger partial charge in [0.25, 0.3) is 0 Å². The smallest absolute Gasteiger partial charge is 0.226 e. The third kappa shape index (κ3) is 4.10. The maximum atomic E-state index is 5.57. The van der Waals surface area contributed by atoms with E-state index in [2.05, 4.69) is 54.0 Å². The average Bonchev–Trinajstić information content (AvgIpc) is 3.14. The summed E-state index contributed by atoms with van der Waals surface area (Å²) < 4.78 is 10.9. The van der Waals surface area contributed by atoms with E-state index < -0.39 is 0 Å². The Balaban J connectivity index is 1.62. The molecule has 23 heavy (non-hydrogen) atoms. The lowest BCUT2D eigenvalue weighted by molar-refractivity contribution is 0.258. The molecule has 0 N–H and O–H groups in total. The highest BCUT2D eigenvalue weighted by molar-refractivity contribution is 5.39.